The van der Waals surface area contributed by atoms with Crippen molar-refractivity contribution in [2.45, 2.75) is 24.2 Å². The average molecular weight is 451 g/mol. The van der Waals surface area contributed by atoms with Crippen LogP contribution >= 0.6 is 11.8 Å². The number of furan rings is 1. The van der Waals surface area contributed by atoms with E-state index in [4.69, 9.17) is 9.15 Å². The van der Waals surface area contributed by atoms with Gasteiger partial charge in [0.1, 0.15) is 17.1 Å². The van der Waals surface area contributed by atoms with E-state index in [9.17, 15) is 18.0 Å². The number of carbonyl (C=O) groups is 1. The van der Waals surface area contributed by atoms with Crippen molar-refractivity contribution in [1.82, 2.24) is 15.3 Å². The van der Waals surface area contributed by atoms with E-state index in [1.54, 1.807) is 13.2 Å². The van der Waals surface area contributed by atoms with E-state index in [1.807, 2.05) is 24.3 Å². The monoisotopic (exact) mass is 451 g/mol. The van der Waals surface area contributed by atoms with Crippen LogP contribution in [0.4, 0.5) is 13.2 Å². The molecule has 0 aliphatic carbocycles. The summed E-state index contributed by atoms with van der Waals surface area (Å²) in [7, 11) is 1.59. The summed E-state index contributed by atoms with van der Waals surface area (Å²) >= 11 is 0.986. The van der Waals surface area contributed by atoms with Gasteiger partial charge in [-0.1, -0.05) is 23.9 Å². The molecule has 31 heavy (non-hydrogen) atoms. The van der Waals surface area contributed by atoms with Gasteiger partial charge in [0.2, 0.25) is 5.91 Å². The second kappa shape index (κ2) is 10.3. The third kappa shape index (κ3) is 6.74. The molecule has 0 saturated heterocycles. The fourth-order valence-electron chi connectivity index (χ4n) is 2.65. The van der Waals surface area contributed by atoms with E-state index < -0.39 is 11.9 Å². The Morgan fingerprint density at radius 2 is 1.97 bits per heavy atom. The topological polar surface area (TPSA) is 77.2 Å². The molecule has 6 nitrogen and oxygen atoms in total. The van der Waals surface area contributed by atoms with Gasteiger partial charge in [0.05, 0.1) is 13.4 Å². The molecule has 2 heterocycles. The second-order valence-corrected chi connectivity index (χ2v) is 7.50. The Balaban J connectivity index is 1.51. The smallest absolute Gasteiger partial charge is 0.433 e. The summed E-state index contributed by atoms with van der Waals surface area (Å²) < 4.78 is 49.7. The first kappa shape index (κ1) is 22.7. The van der Waals surface area contributed by atoms with Crippen molar-refractivity contribution >= 4 is 17.7 Å². The van der Waals surface area contributed by atoms with Gasteiger partial charge in [-0.15, -0.1) is 0 Å². The fraction of sp³-hybridized carbons (Fsp3) is 0.286. The van der Waals surface area contributed by atoms with Crippen molar-refractivity contribution in [3.8, 4) is 17.2 Å². The number of nitrogens with one attached hydrogen (secondary N) is 1. The number of nitrogens with zero attached hydrogens (tertiary/aromatic N) is 2. The van der Waals surface area contributed by atoms with Crippen molar-refractivity contribution < 1.29 is 27.1 Å². The number of ether oxygens (including phenoxy) is 1. The highest BCUT2D eigenvalue weighted by Crippen LogP contribution is 2.32. The Morgan fingerprint density at radius 1 is 1.19 bits per heavy atom. The standard InChI is InChI=1S/C21H20F3N3O3S/c1-29-15-6-4-14(5-7-15)8-10-25-19(28)9-12-31-20-26-16(17-3-2-11-30-17)13-18(27-20)21(22,23)24/h2-7,11,13H,8-10,12H2,1H3,(H,25,28). The van der Waals surface area contributed by atoms with E-state index in [2.05, 4.69) is 15.3 Å². The number of alkyl halides is 3. The predicted molar refractivity (Wildman–Crippen MR) is 110 cm³/mol. The van der Waals surface area contributed by atoms with E-state index in [-0.39, 0.29) is 34.7 Å². The van der Waals surface area contributed by atoms with Gasteiger partial charge in [0, 0.05) is 18.7 Å². The highest BCUT2D eigenvalue weighted by atomic mass is 32.2. The number of halogens is 3. The van der Waals surface area contributed by atoms with Gasteiger partial charge >= 0.3 is 6.18 Å². The lowest BCUT2D eigenvalue weighted by molar-refractivity contribution is -0.141. The van der Waals surface area contributed by atoms with Gasteiger partial charge in [-0.3, -0.25) is 4.79 Å². The molecule has 10 heteroatoms. The summed E-state index contributed by atoms with van der Waals surface area (Å²) in [4.78, 5) is 19.7. The highest BCUT2D eigenvalue weighted by Gasteiger charge is 2.34. The number of rotatable bonds is 9. The summed E-state index contributed by atoms with van der Waals surface area (Å²) in [5.74, 6) is 1.02. The number of aromatic nitrogens is 2. The van der Waals surface area contributed by atoms with Crippen LogP contribution in [0, 0.1) is 0 Å². The number of benzene rings is 1. The number of thioether (sulfide) groups is 1. The molecule has 0 aliphatic rings. The van der Waals surface area contributed by atoms with E-state index >= 15 is 0 Å². The van der Waals surface area contributed by atoms with Gasteiger partial charge in [-0.05, 0) is 42.3 Å². The third-order valence-corrected chi connectivity index (χ3v) is 5.07. The molecule has 1 aromatic carbocycles. The molecule has 0 spiro atoms. The van der Waals surface area contributed by atoms with Crippen molar-refractivity contribution in [2.75, 3.05) is 19.4 Å². The number of amides is 1. The molecule has 0 atom stereocenters. The molecule has 1 amide bonds. The maximum absolute atomic E-state index is 13.2. The lowest BCUT2D eigenvalue weighted by Gasteiger charge is -2.09. The first-order chi connectivity index (χ1) is 14.8. The van der Waals surface area contributed by atoms with Crippen molar-refractivity contribution in [1.29, 1.82) is 0 Å². The Labute approximate surface area is 181 Å². The van der Waals surface area contributed by atoms with E-state index in [1.165, 1.54) is 12.3 Å². The minimum absolute atomic E-state index is 0.0405. The third-order valence-electron chi connectivity index (χ3n) is 4.22. The molecule has 0 aliphatic heterocycles. The summed E-state index contributed by atoms with van der Waals surface area (Å²) in [6, 6.07) is 11.5. The fourth-order valence-corrected chi connectivity index (χ4v) is 3.44. The van der Waals surface area contributed by atoms with Gasteiger partial charge in [0.25, 0.3) is 0 Å². The Morgan fingerprint density at radius 3 is 2.61 bits per heavy atom. The number of carbonyl (C=O) groups excluding carboxylic acids is 1. The van der Waals surface area contributed by atoms with Crippen molar-refractivity contribution in [2.24, 2.45) is 0 Å². The molecule has 0 bridgehead atoms. The van der Waals surface area contributed by atoms with Crippen LogP contribution in [0.5, 0.6) is 5.75 Å². The second-order valence-electron chi connectivity index (χ2n) is 6.44. The summed E-state index contributed by atoms with van der Waals surface area (Å²) in [6.45, 7) is 0.457. The molecular formula is C21H20F3N3O3S. The minimum atomic E-state index is -4.61. The lowest BCUT2D eigenvalue weighted by Crippen LogP contribution is -2.25. The van der Waals surface area contributed by atoms with Crippen molar-refractivity contribution in [3.63, 3.8) is 0 Å². The van der Waals surface area contributed by atoms with Gasteiger partial charge in [0.15, 0.2) is 10.9 Å². The van der Waals surface area contributed by atoms with Crippen LogP contribution in [0.2, 0.25) is 0 Å². The van der Waals surface area contributed by atoms with Gasteiger partial charge < -0.3 is 14.5 Å². The molecule has 0 unspecified atom stereocenters. The zero-order valence-electron chi connectivity index (χ0n) is 16.6. The maximum Gasteiger partial charge on any atom is 0.433 e. The zero-order chi connectivity index (χ0) is 22.3. The number of methoxy groups -OCH3 is 1. The molecule has 0 radical (unpaired) electrons. The van der Waals surface area contributed by atoms with Gasteiger partial charge in [-0.2, -0.15) is 13.2 Å². The first-order valence-electron chi connectivity index (χ1n) is 9.38. The molecule has 164 valence electrons. The molecule has 0 fully saturated rings. The molecular weight excluding hydrogens is 431 g/mol. The zero-order valence-corrected chi connectivity index (χ0v) is 17.4. The predicted octanol–water partition coefficient (Wildman–Crippen LogP) is 4.61. The van der Waals surface area contributed by atoms with E-state index in [0.29, 0.717) is 13.0 Å². The van der Waals surface area contributed by atoms with Gasteiger partial charge in [-0.25, -0.2) is 9.97 Å². The summed E-state index contributed by atoms with van der Waals surface area (Å²) in [5, 5.41) is 2.73. The Bertz CT molecular complexity index is 993. The molecule has 0 saturated carbocycles. The summed E-state index contributed by atoms with van der Waals surface area (Å²) in [6.07, 6.45) is -2.47. The van der Waals surface area contributed by atoms with Crippen LogP contribution in [-0.4, -0.2) is 35.3 Å². The summed E-state index contributed by atoms with van der Waals surface area (Å²) in [5.41, 5.74) is 0.0393. The lowest BCUT2D eigenvalue weighted by atomic mass is 10.1. The first-order valence-corrected chi connectivity index (χ1v) is 10.4. The largest absolute Gasteiger partial charge is 0.497 e. The molecule has 2 aromatic heterocycles. The number of hydrogen-bond acceptors (Lipinski definition) is 6. The van der Waals surface area contributed by atoms with Crippen LogP contribution in [0.15, 0.2) is 58.3 Å². The van der Waals surface area contributed by atoms with Crippen LogP contribution in [0.3, 0.4) is 0 Å². The van der Waals surface area contributed by atoms with Crippen LogP contribution in [0.1, 0.15) is 17.7 Å². The Hall–Kier alpha value is -3.01. The highest BCUT2D eigenvalue weighted by molar-refractivity contribution is 7.99. The average Bonchev–Trinajstić information content (AvgIpc) is 3.28. The number of hydrogen-bond donors (Lipinski definition) is 1. The van der Waals surface area contributed by atoms with Crippen molar-refractivity contribution in [3.05, 3.63) is 60.0 Å². The molecule has 3 rings (SSSR count). The molecule has 3 aromatic rings. The van der Waals surface area contributed by atoms with E-state index in [0.717, 1.165) is 29.1 Å². The quantitative estimate of drug-likeness (QED) is 0.378. The SMILES string of the molecule is COc1ccc(CCNC(=O)CCSc2nc(-c3ccco3)cc(C(F)(F)F)n2)cc1. The van der Waals surface area contributed by atoms with Crippen LogP contribution in [0.25, 0.3) is 11.5 Å². The molecule has 1 N–H and O–H groups in total. The maximum atomic E-state index is 13.2. The van der Waals surface area contributed by atoms with Crippen LogP contribution in [-0.2, 0) is 17.4 Å². The van der Waals surface area contributed by atoms with Crippen LogP contribution < -0.4 is 10.1 Å². The normalized spacial score (nSPS) is 11.4. The minimum Gasteiger partial charge on any atom is -0.497 e. The Kier molecular flexibility index (Phi) is 7.56.